The second-order valence-corrected chi connectivity index (χ2v) is 16.9. The first-order valence-electron chi connectivity index (χ1n) is 20.9. The number of anilines is 3. The fourth-order valence-corrected chi connectivity index (χ4v) is 10.6. The molecule has 0 spiro atoms. The summed E-state index contributed by atoms with van der Waals surface area (Å²) in [4.78, 5) is 2.44. The Morgan fingerprint density at radius 2 is 0.883 bits per heavy atom. The third-order valence-electron chi connectivity index (χ3n) is 13.3. The van der Waals surface area contributed by atoms with Crippen LogP contribution in [0.1, 0.15) is 47.2 Å². The third-order valence-corrected chi connectivity index (χ3v) is 13.3. The lowest BCUT2D eigenvalue weighted by Crippen LogP contribution is -2.29. The van der Waals surface area contributed by atoms with Gasteiger partial charge < -0.3 is 9.32 Å². The van der Waals surface area contributed by atoms with Crippen LogP contribution in [-0.2, 0) is 10.8 Å². The van der Waals surface area contributed by atoms with Crippen LogP contribution in [0.4, 0.5) is 17.1 Å². The van der Waals surface area contributed by atoms with Gasteiger partial charge in [0.15, 0.2) is 0 Å². The van der Waals surface area contributed by atoms with Gasteiger partial charge in [-0.25, -0.2) is 0 Å². The van der Waals surface area contributed by atoms with Crippen molar-refractivity contribution in [2.24, 2.45) is 0 Å². The highest BCUT2D eigenvalue weighted by Gasteiger charge is 2.46. The number of benzene rings is 9. The van der Waals surface area contributed by atoms with E-state index in [0.29, 0.717) is 0 Å². The van der Waals surface area contributed by atoms with Gasteiger partial charge in [0, 0.05) is 33.2 Å². The Balaban J connectivity index is 1.12. The zero-order valence-electron chi connectivity index (χ0n) is 33.6. The summed E-state index contributed by atoms with van der Waals surface area (Å²) in [6.07, 6.45) is 0. The molecule has 0 bridgehead atoms. The molecule has 0 amide bonds. The molecule has 10 aromatic rings. The maximum absolute atomic E-state index is 6.36. The van der Waals surface area contributed by atoms with Gasteiger partial charge >= 0.3 is 0 Å². The predicted molar refractivity (Wildman–Crippen MR) is 249 cm³/mol. The number of fused-ring (bicyclic) bond motifs is 9. The standard InChI is InChI=1S/C58H41NO/c1-57(2)51-26-10-6-24-47(51)49-36-43(30-32-52(49)57)59(44-31-33-56-50(37-44)48-25-9-13-29-55(48)60-56)42-21-15-20-41(35-42)58(40-19-14-18-39(34-40)38-16-4-3-5-17-38)53-27-11-7-22-45(53)46-23-8-12-28-54(46)58/h3-37H,1-2H3. The molecule has 284 valence electrons. The first-order valence-corrected chi connectivity index (χ1v) is 20.9. The van der Waals surface area contributed by atoms with Gasteiger partial charge in [-0.05, 0) is 121 Å². The summed E-state index contributed by atoms with van der Waals surface area (Å²) in [5, 5.41) is 2.22. The molecular weight excluding hydrogens is 727 g/mol. The Labute approximate surface area is 350 Å². The lowest BCUT2D eigenvalue weighted by molar-refractivity contribution is 0.660. The Bertz CT molecular complexity index is 3270. The van der Waals surface area contributed by atoms with E-state index < -0.39 is 5.41 Å². The lowest BCUT2D eigenvalue weighted by atomic mass is 9.67. The summed E-state index contributed by atoms with van der Waals surface area (Å²) in [7, 11) is 0. The van der Waals surface area contributed by atoms with Crippen molar-refractivity contribution in [3.63, 3.8) is 0 Å². The highest BCUT2D eigenvalue weighted by atomic mass is 16.3. The van der Waals surface area contributed by atoms with Crippen LogP contribution < -0.4 is 4.90 Å². The van der Waals surface area contributed by atoms with E-state index in [1.807, 2.05) is 6.07 Å². The monoisotopic (exact) mass is 767 g/mol. The van der Waals surface area contributed by atoms with Crippen molar-refractivity contribution in [1.29, 1.82) is 0 Å². The SMILES string of the molecule is CC1(C)c2ccccc2-c2cc(N(c3cccc(C4(c5cccc(-c6ccccc6)c5)c5ccccc5-c5ccccc54)c3)c3ccc4oc5ccccc5c4c3)ccc21. The summed E-state index contributed by atoms with van der Waals surface area (Å²) in [6, 6.07) is 78.2. The van der Waals surface area contributed by atoms with Gasteiger partial charge in [0.1, 0.15) is 11.2 Å². The lowest BCUT2D eigenvalue weighted by Gasteiger charge is -2.35. The molecule has 0 unspecified atom stereocenters. The van der Waals surface area contributed by atoms with Crippen LogP contribution >= 0.6 is 0 Å². The van der Waals surface area contributed by atoms with Crippen molar-refractivity contribution in [2.75, 3.05) is 4.90 Å². The normalized spacial score (nSPS) is 14.1. The first kappa shape index (κ1) is 34.6. The van der Waals surface area contributed by atoms with Crippen LogP contribution in [0, 0.1) is 0 Å². The van der Waals surface area contributed by atoms with Crippen molar-refractivity contribution in [3.8, 4) is 33.4 Å². The predicted octanol–water partition coefficient (Wildman–Crippen LogP) is 15.4. The van der Waals surface area contributed by atoms with Gasteiger partial charge in [-0.3, -0.25) is 0 Å². The average Bonchev–Trinajstić information content (AvgIpc) is 3.91. The van der Waals surface area contributed by atoms with Crippen molar-refractivity contribution in [2.45, 2.75) is 24.7 Å². The fraction of sp³-hybridized carbons (Fsp3) is 0.0690. The number of hydrogen-bond acceptors (Lipinski definition) is 2. The molecule has 1 heterocycles. The van der Waals surface area contributed by atoms with E-state index >= 15 is 0 Å². The minimum Gasteiger partial charge on any atom is -0.456 e. The van der Waals surface area contributed by atoms with E-state index in [1.165, 1.54) is 66.8 Å². The highest BCUT2D eigenvalue weighted by molar-refractivity contribution is 6.06. The van der Waals surface area contributed by atoms with Gasteiger partial charge in [0.25, 0.3) is 0 Å². The molecule has 0 N–H and O–H groups in total. The molecule has 60 heavy (non-hydrogen) atoms. The Hall–Kier alpha value is -7.42. The molecule has 2 aliphatic carbocycles. The highest BCUT2D eigenvalue weighted by Crippen LogP contribution is 2.57. The van der Waals surface area contributed by atoms with Gasteiger partial charge in [-0.15, -0.1) is 0 Å². The van der Waals surface area contributed by atoms with Crippen LogP contribution in [0.5, 0.6) is 0 Å². The molecule has 1 aromatic heterocycles. The molecule has 0 saturated heterocycles. The van der Waals surface area contributed by atoms with Crippen LogP contribution in [0.3, 0.4) is 0 Å². The van der Waals surface area contributed by atoms with Crippen molar-refractivity contribution in [1.82, 2.24) is 0 Å². The van der Waals surface area contributed by atoms with Gasteiger partial charge in [0.2, 0.25) is 0 Å². The smallest absolute Gasteiger partial charge is 0.135 e. The second kappa shape index (κ2) is 13.0. The molecule has 0 aliphatic heterocycles. The Morgan fingerprint density at radius 1 is 0.350 bits per heavy atom. The average molecular weight is 768 g/mol. The molecule has 12 rings (SSSR count). The van der Waals surface area contributed by atoms with E-state index in [9.17, 15) is 0 Å². The topological polar surface area (TPSA) is 16.4 Å². The summed E-state index contributed by atoms with van der Waals surface area (Å²) in [6.45, 7) is 4.69. The van der Waals surface area contributed by atoms with Gasteiger partial charge in [-0.1, -0.05) is 172 Å². The van der Waals surface area contributed by atoms with Crippen LogP contribution in [0.15, 0.2) is 217 Å². The van der Waals surface area contributed by atoms with Crippen molar-refractivity contribution >= 4 is 39.0 Å². The van der Waals surface area contributed by atoms with Gasteiger partial charge in [0.05, 0.1) is 5.41 Å². The Kier molecular flexibility index (Phi) is 7.52. The second-order valence-electron chi connectivity index (χ2n) is 16.9. The van der Waals surface area contributed by atoms with E-state index in [-0.39, 0.29) is 5.41 Å². The maximum atomic E-state index is 6.36. The molecule has 0 saturated carbocycles. The number of nitrogens with zero attached hydrogens (tertiary/aromatic N) is 1. The fourth-order valence-electron chi connectivity index (χ4n) is 10.6. The van der Waals surface area contributed by atoms with E-state index in [4.69, 9.17) is 4.42 Å². The molecule has 2 aliphatic rings. The molecule has 9 aromatic carbocycles. The quantitative estimate of drug-likeness (QED) is 0.168. The number of hydrogen-bond donors (Lipinski definition) is 0. The van der Waals surface area contributed by atoms with Crippen LogP contribution in [0.25, 0.3) is 55.3 Å². The zero-order valence-corrected chi connectivity index (χ0v) is 33.6. The molecular formula is C58H41NO. The largest absolute Gasteiger partial charge is 0.456 e. The molecule has 2 heteroatoms. The minimum atomic E-state index is -0.578. The Morgan fingerprint density at radius 3 is 1.65 bits per heavy atom. The molecule has 0 atom stereocenters. The first-order chi connectivity index (χ1) is 29.5. The summed E-state index contributed by atoms with van der Waals surface area (Å²) in [5.74, 6) is 0. The molecule has 2 nitrogen and oxygen atoms in total. The van der Waals surface area contributed by atoms with Crippen LogP contribution in [0.2, 0.25) is 0 Å². The van der Waals surface area contributed by atoms with Crippen molar-refractivity contribution in [3.05, 3.63) is 246 Å². The van der Waals surface area contributed by atoms with Gasteiger partial charge in [-0.2, -0.15) is 0 Å². The molecule has 0 fully saturated rings. The summed E-state index contributed by atoms with van der Waals surface area (Å²) >= 11 is 0. The van der Waals surface area contributed by atoms with E-state index in [2.05, 4.69) is 225 Å². The van der Waals surface area contributed by atoms with Crippen molar-refractivity contribution < 1.29 is 4.42 Å². The minimum absolute atomic E-state index is 0.0895. The number of rotatable bonds is 6. The van der Waals surface area contributed by atoms with E-state index in [0.717, 1.165) is 39.0 Å². The van der Waals surface area contributed by atoms with E-state index in [1.54, 1.807) is 0 Å². The number of furan rings is 1. The molecule has 0 radical (unpaired) electrons. The van der Waals surface area contributed by atoms with Crippen LogP contribution in [-0.4, -0.2) is 0 Å². The third kappa shape index (κ3) is 4.94. The zero-order chi connectivity index (χ0) is 40.0. The maximum Gasteiger partial charge on any atom is 0.135 e. The summed E-state index contributed by atoms with van der Waals surface area (Å²) < 4.78 is 6.36. The number of para-hydroxylation sites is 1. The summed E-state index contributed by atoms with van der Waals surface area (Å²) in [5.41, 5.74) is 19.7.